The number of aromatic hydroxyl groups is 1. The first-order valence-electron chi connectivity index (χ1n) is 12.8. The molecule has 0 radical (unpaired) electrons. The number of carboxylic acids is 1. The molecule has 2 heterocycles. The third-order valence-corrected chi connectivity index (χ3v) is 9.18. The number of nitrogens with one attached hydrogen (secondary N) is 1. The van der Waals surface area contributed by atoms with Crippen molar-refractivity contribution in [1.82, 2.24) is 4.90 Å². The fourth-order valence-electron chi connectivity index (χ4n) is 7.27. The molecule has 0 aromatic heterocycles. The van der Waals surface area contributed by atoms with Crippen molar-refractivity contribution in [2.24, 2.45) is 5.92 Å². The number of hydrogen-bond acceptors (Lipinski definition) is 7. The summed E-state index contributed by atoms with van der Waals surface area (Å²) in [5, 5.41) is 46.6. The quantitative estimate of drug-likeness (QED) is 0.419. The van der Waals surface area contributed by atoms with Gasteiger partial charge in [0.2, 0.25) is 0 Å². The zero-order valence-electron chi connectivity index (χ0n) is 20.1. The van der Waals surface area contributed by atoms with Crippen LogP contribution in [0.4, 0.5) is 5.69 Å². The molecule has 5 aliphatic rings. The number of rotatable bonds is 5. The van der Waals surface area contributed by atoms with E-state index >= 15 is 0 Å². The number of aliphatic hydroxyl groups is 2. The number of phenolic OH excluding ortho intramolecular Hbond substituents is 1. The summed E-state index contributed by atoms with van der Waals surface area (Å²) in [7, 11) is 0. The Morgan fingerprint density at radius 2 is 1.86 bits per heavy atom. The summed E-state index contributed by atoms with van der Waals surface area (Å²) in [6.07, 6.45) is 2.42. The Morgan fingerprint density at radius 3 is 2.57 bits per heavy atom. The lowest BCUT2D eigenvalue weighted by atomic mass is 9.49. The van der Waals surface area contributed by atoms with E-state index in [1.807, 2.05) is 6.07 Å². The summed E-state index contributed by atoms with van der Waals surface area (Å²) >= 11 is 0. The van der Waals surface area contributed by atoms with E-state index in [4.69, 9.17) is 9.84 Å². The van der Waals surface area contributed by atoms with Crippen LogP contribution in [0.5, 0.6) is 11.5 Å². The number of phenols is 1. The minimum absolute atomic E-state index is 0.0407. The number of carbonyl (C=O) groups excluding carboxylic acids is 1. The van der Waals surface area contributed by atoms with Crippen molar-refractivity contribution < 1.29 is 34.8 Å². The molecule has 1 saturated heterocycles. The highest BCUT2D eigenvalue weighted by Crippen LogP contribution is 2.66. The largest absolute Gasteiger partial charge is 0.508 e. The predicted molar refractivity (Wildman–Crippen MR) is 132 cm³/mol. The van der Waals surface area contributed by atoms with Gasteiger partial charge in [-0.1, -0.05) is 6.07 Å². The minimum Gasteiger partial charge on any atom is -0.508 e. The number of carbonyl (C=O) groups is 2. The van der Waals surface area contributed by atoms with Gasteiger partial charge in [0.15, 0.2) is 17.6 Å². The Kier molecular flexibility index (Phi) is 4.58. The van der Waals surface area contributed by atoms with E-state index in [-0.39, 0.29) is 40.9 Å². The lowest BCUT2D eigenvalue weighted by molar-refractivity contribution is -0.172. The van der Waals surface area contributed by atoms with Crippen LogP contribution < -0.4 is 10.1 Å². The highest BCUT2D eigenvalue weighted by atomic mass is 16.5. The van der Waals surface area contributed by atoms with E-state index in [9.17, 15) is 24.9 Å². The molecule has 37 heavy (non-hydrogen) atoms. The van der Waals surface area contributed by atoms with Crippen molar-refractivity contribution >= 4 is 17.6 Å². The summed E-state index contributed by atoms with van der Waals surface area (Å²) in [6, 6.07) is 8.96. The molecule has 1 saturated carbocycles. The van der Waals surface area contributed by atoms with Crippen molar-refractivity contribution in [3.8, 4) is 11.5 Å². The van der Waals surface area contributed by atoms with Crippen molar-refractivity contribution in [2.45, 2.75) is 55.3 Å². The number of aromatic carboxylic acids is 1. The fourth-order valence-corrected chi connectivity index (χ4v) is 7.27. The zero-order valence-corrected chi connectivity index (χ0v) is 20.1. The standard InChI is InChI=1S/C28H28N2O7/c31-19-8-5-16-11-20-28(36)12-18(25(33)29-17-6-3-15(4-7-17)26(34)35)22(32)24-27(28,21(16)23(19)37-24)9-10-30(20)13-14-1-2-14/h3-8,14,20,24,31-32,36H,1-2,9-13H2,(H,29,33)(H,34,35)/t20-,24+,27+,28-/m1/s1. The van der Waals surface area contributed by atoms with Gasteiger partial charge in [0.05, 0.1) is 22.2 Å². The van der Waals surface area contributed by atoms with E-state index in [1.54, 1.807) is 6.07 Å². The van der Waals surface area contributed by atoms with Crippen LogP contribution in [0.2, 0.25) is 0 Å². The van der Waals surface area contributed by atoms with E-state index in [0.717, 1.165) is 24.2 Å². The van der Waals surface area contributed by atoms with Crippen LogP contribution in [0.1, 0.15) is 47.2 Å². The van der Waals surface area contributed by atoms with Crippen molar-refractivity contribution in [3.63, 3.8) is 0 Å². The molecule has 2 aromatic rings. The van der Waals surface area contributed by atoms with E-state index in [1.165, 1.54) is 37.1 Å². The van der Waals surface area contributed by atoms with Gasteiger partial charge < -0.3 is 30.5 Å². The van der Waals surface area contributed by atoms with Crippen LogP contribution in [0.15, 0.2) is 47.7 Å². The van der Waals surface area contributed by atoms with Crippen LogP contribution in [-0.4, -0.2) is 68.0 Å². The van der Waals surface area contributed by atoms with Gasteiger partial charge >= 0.3 is 5.97 Å². The highest BCUT2D eigenvalue weighted by molar-refractivity contribution is 6.05. The number of benzene rings is 2. The first-order chi connectivity index (χ1) is 17.7. The molecular weight excluding hydrogens is 476 g/mol. The normalized spacial score (nSPS) is 31.5. The molecule has 192 valence electrons. The third-order valence-electron chi connectivity index (χ3n) is 9.18. The molecule has 4 atom stereocenters. The molecule has 7 rings (SSSR count). The summed E-state index contributed by atoms with van der Waals surface area (Å²) in [4.78, 5) is 27.0. The molecule has 1 spiro atoms. The molecule has 5 N–H and O–H groups in total. The Hall–Kier alpha value is -3.56. The number of piperidine rings is 1. The molecule has 1 amide bonds. The smallest absolute Gasteiger partial charge is 0.335 e. The average molecular weight is 505 g/mol. The number of anilines is 1. The fraction of sp³-hybridized carbons (Fsp3) is 0.429. The topological polar surface area (TPSA) is 140 Å². The first kappa shape index (κ1) is 22.6. The van der Waals surface area contributed by atoms with Crippen LogP contribution >= 0.6 is 0 Å². The van der Waals surface area contributed by atoms with Crippen molar-refractivity contribution in [2.75, 3.05) is 18.4 Å². The Labute approximate surface area is 213 Å². The maximum absolute atomic E-state index is 13.5. The number of nitrogens with zero attached hydrogens (tertiary/aromatic N) is 1. The SMILES string of the molecule is O=C(Nc1ccc(C(=O)O)cc1)C1=C(O)[C@@H]2Oc3c(O)ccc4c3[C@@]23CCN(CC2CC2)[C@H](C4)[C@]3(O)C1. The Bertz CT molecular complexity index is 1380. The molecule has 2 fully saturated rings. The zero-order chi connectivity index (χ0) is 25.7. The lowest BCUT2D eigenvalue weighted by Crippen LogP contribution is -2.75. The summed E-state index contributed by atoms with van der Waals surface area (Å²) in [6.45, 7) is 1.63. The Balaban J connectivity index is 1.31. The van der Waals surface area contributed by atoms with Gasteiger partial charge in [-0.2, -0.15) is 0 Å². The van der Waals surface area contributed by atoms with Gasteiger partial charge in [0.25, 0.3) is 5.91 Å². The van der Waals surface area contributed by atoms with E-state index < -0.39 is 29.0 Å². The van der Waals surface area contributed by atoms with Gasteiger partial charge in [-0.25, -0.2) is 4.79 Å². The molecule has 3 aliphatic carbocycles. The second-order valence-corrected chi connectivity index (χ2v) is 11.1. The summed E-state index contributed by atoms with van der Waals surface area (Å²) in [5.74, 6) is -1.02. The maximum Gasteiger partial charge on any atom is 0.335 e. The van der Waals surface area contributed by atoms with Crippen molar-refractivity contribution in [1.29, 1.82) is 0 Å². The number of carboxylic acid groups (broad SMARTS) is 1. The Morgan fingerprint density at radius 1 is 1.11 bits per heavy atom. The highest BCUT2D eigenvalue weighted by Gasteiger charge is 2.73. The van der Waals surface area contributed by atoms with Gasteiger partial charge in [0, 0.05) is 30.3 Å². The number of amides is 1. The second-order valence-electron chi connectivity index (χ2n) is 11.1. The van der Waals surface area contributed by atoms with Gasteiger partial charge in [-0.3, -0.25) is 9.69 Å². The maximum atomic E-state index is 13.5. The molecule has 2 aromatic carbocycles. The monoisotopic (exact) mass is 504 g/mol. The molecule has 0 unspecified atom stereocenters. The molecular formula is C28H28N2O7. The number of likely N-dealkylation sites (tertiary alicyclic amines) is 1. The number of hydrogen-bond donors (Lipinski definition) is 5. The number of ether oxygens (including phenoxy) is 1. The van der Waals surface area contributed by atoms with E-state index in [2.05, 4.69) is 10.2 Å². The van der Waals surface area contributed by atoms with Crippen LogP contribution in [-0.2, 0) is 16.6 Å². The van der Waals surface area contributed by atoms with Crippen molar-refractivity contribution in [3.05, 3.63) is 64.4 Å². The molecule has 9 nitrogen and oxygen atoms in total. The van der Waals surface area contributed by atoms with Crippen LogP contribution in [0.3, 0.4) is 0 Å². The van der Waals surface area contributed by atoms with Crippen LogP contribution in [0.25, 0.3) is 0 Å². The summed E-state index contributed by atoms with van der Waals surface area (Å²) in [5.41, 5.74) is -0.0780. The molecule has 2 bridgehead atoms. The molecule has 9 heteroatoms. The lowest BCUT2D eigenvalue weighted by Gasteiger charge is -2.62. The third kappa shape index (κ3) is 2.98. The van der Waals surface area contributed by atoms with Crippen LogP contribution in [0, 0.1) is 5.92 Å². The number of aliphatic hydroxyl groups excluding tert-OH is 1. The average Bonchev–Trinajstić information content (AvgIpc) is 3.61. The van der Waals surface area contributed by atoms with Gasteiger partial charge in [-0.05, 0) is 74.0 Å². The summed E-state index contributed by atoms with van der Waals surface area (Å²) < 4.78 is 6.21. The van der Waals surface area contributed by atoms with Gasteiger partial charge in [0.1, 0.15) is 5.76 Å². The predicted octanol–water partition coefficient (Wildman–Crippen LogP) is 2.72. The second kappa shape index (κ2) is 7.49. The van der Waals surface area contributed by atoms with E-state index in [0.29, 0.717) is 24.4 Å². The molecule has 2 aliphatic heterocycles. The van der Waals surface area contributed by atoms with Gasteiger partial charge in [-0.15, -0.1) is 0 Å². The first-order valence-corrected chi connectivity index (χ1v) is 12.8. The minimum atomic E-state index is -1.39.